The number of piperazine rings is 1. The average Bonchev–Trinajstić information content (AvgIpc) is 2.90. The number of hydrogen-bond donors (Lipinski definition) is 0. The van der Waals surface area contributed by atoms with Crippen molar-refractivity contribution >= 4 is 0 Å². The molecule has 0 radical (unpaired) electrons. The van der Waals surface area contributed by atoms with Gasteiger partial charge in [-0.2, -0.15) is 0 Å². The Bertz CT molecular complexity index is 949. The van der Waals surface area contributed by atoms with Crippen molar-refractivity contribution in [2.45, 2.75) is 12.5 Å². The molecule has 1 saturated heterocycles. The fourth-order valence-corrected chi connectivity index (χ4v) is 4.65. The molecule has 3 aromatic carbocycles. The zero-order valence-corrected chi connectivity index (χ0v) is 20.4. The fraction of sp³-hybridized carbons (Fsp3) is 0.379. The first-order valence-corrected chi connectivity index (χ1v) is 12.1. The van der Waals surface area contributed by atoms with Gasteiger partial charge in [-0.25, -0.2) is 0 Å². The molecule has 1 fully saturated rings. The number of hydrogen-bond acceptors (Lipinski definition) is 5. The highest BCUT2D eigenvalue weighted by Crippen LogP contribution is 2.29. The van der Waals surface area contributed by atoms with Crippen LogP contribution in [0.4, 0.5) is 0 Å². The third kappa shape index (κ3) is 6.38. The molecule has 0 saturated carbocycles. The number of benzene rings is 3. The minimum Gasteiger partial charge on any atom is -0.493 e. The van der Waals surface area contributed by atoms with E-state index in [1.54, 1.807) is 14.2 Å². The van der Waals surface area contributed by atoms with Gasteiger partial charge in [0.1, 0.15) is 0 Å². The lowest BCUT2D eigenvalue weighted by Crippen LogP contribution is -2.48. The first-order valence-electron chi connectivity index (χ1n) is 12.1. The molecule has 0 amide bonds. The molecule has 0 atom stereocenters. The van der Waals surface area contributed by atoms with Crippen molar-refractivity contribution in [1.82, 2.24) is 9.80 Å². The summed E-state index contributed by atoms with van der Waals surface area (Å²) >= 11 is 0. The standard InChI is InChI=1S/C29H36N2O3/c1-32-27-14-13-24(23-28(27)33-2)15-21-34-22-20-30-16-18-31(19-17-30)29(25-9-5-3-6-10-25)26-11-7-4-8-12-26/h3-14,23,29H,15-22H2,1-2H3. The summed E-state index contributed by atoms with van der Waals surface area (Å²) in [5.41, 5.74) is 3.92. The van der Waals surface area contributed by atoms with E-state index < -0.39 is 0 Å². The molecule has 0 N–H and O–H groups in total. The van der Waals surface area contributed by atoms with Gasteiger partial charge < -0.3 is 14.2 Å². The highest BCUT2D eigenvalue weighted by Gasteiger charge is 2.26. The first kappa shape index (κ1) is 24.3. The van der Waals surface area contributed by atoms with Crippen LogP contribution in [0, 0.1) is 0 Å². The molecule has 0 bridgehead atoms. The van der Waals surface area contributed by atoms with Crippen LogP contribution in [-0.2, 0) is 11.2 Å². The maximum absolute atomic E-state index is 5.96. The lowest BCUT2D eigenvalue weighted by Gasteiger charge is -2.39. The van der Waals surface area contributed by atoms with E-state index >= 15 is 0 Å². The Kier molecular flexibility index (Phi) is 8.97. The van der Waals surface area contributed by atoms with Gasteiger partial charge in [0, 0.05) is 32.7 Å². The molecule has 0 spiro atoms. The van der Waals surface area contributed by atoms with E-state index in [-0.39, 0.29) is 0 Å². The van der Waals surface area contributed by atoms with Crippen LogP contribution < -0.4 is 9.47 Å². The molecule has 1 aliphatic rings. The summed E-state index contributed by atoms with van der Waals surface area (Å²) in [4.78, 5) is 5.12. The molecule has 0 aromatic heterocycles. The Morgan fingerprint density at radius 1 is 0.706 bits per heavy atom. The molecule has 0 unspecified atom stereocenters. The summed E-state index contributed by atoms with van der Waals surface area (Å²) in [6.07, 6.45) is 0.865. The van der Waals surface area contributed by atoms with Crippen molar-refractivity contribution < 1.29 is 14.2 Å². The van der Waals surface area contributed by atoms with Crippen molar-refractivity contribution in [2.24, 2.45) is 0 Å². The quantitative estimate of drug-likeness (QED) is 0.389. The van der Waals surface area contributed by atoms with E-state index in [1.807, 2.05) is 12.1 Å². The van der Waals surface area contributed by atoms with Gasteiger partial charge in [-0.3, -0.25) is 9.80 Å². The molecule has 180 valence electrons. The van der Waals surface area contributed by atoms with Gasteiger partial charge in [0.15, 0.2) is 11.5 Å². The zero-order chi connectivity index (χ0) is 23.6. The van der Waals surface area contributed by atoms with Crippen molar-refractivity contribution in [3.63, 3.8) is 0 Å². The summed E-state index contributed by atoms with van der Waals surface area (Å²) in [5, 5.41) is 0. The van der Waals surface area contributed by atoms with Crippen molar-refractivity contribution in [3.8, 4) is 11.5 Å². The lowest BCUT2D eigenvalue weighted by molar-refractivity contribution is 0.0677. The topological polar surface area (TPSA) is 34.2 Å². The zero-order valence-electron chi connectivity index (χ0n) is 20.4. The summed E-state index contributed by atoms with van der Waals surface area (Å²) in [6.45, 7) is 6.68. The summed E-state index contributed by atoms with van der Waals surface area (Å²) in [5.74, 6) is 1.52. The van der Waals surface area contributed by atoms with Gasteiger partial charge in [0.05, 0.1) is 33.5 Å². The van der Waals surface area contributed by atoms with Gasteiger partial charge in [-0.15, -0.1) is 0 Å². The summed E-state index contributed by atoms with van der Waals surface area (Å²) < 4.78 is 16.7. The molecule has 4 rings (SSSR count). The number of rotatable bonds is 11. The van der Waals surface area contributed by atoms with E-state index in [1.165, 1.54) is 16.7 Å². The Hall–Kier alpha value is -2.86. The predicted octanol–water partition coefficient (Wildman–Crippen LogP) is 4.67. The van der Waals surface area contributed by atoms with Crippen LogP contribution in [-0.4, -0.2) is 70.0 Å². The number of methoxy groups -OCH3 is 2. The van der Waals surface area contributed by atoms with Crippen molar-refractivity contribution in [2.75, 3.05) is 60.2 Å². The first-order chi connectivity index (χ1) is 16.8. The molecule has 1 aliphatic heterocycles. The lowest BCUT2D eigenvalue weighted by atomic mass is 9.96. The SMILES string of the molecule is COc1ccc(CCOCCN2CCN(C(c3ccccc3)c3ccccc3)CC2)cc1OC. The predicted molar refractivity (Wildman–Crippen MR) is 137 cm³/mol. The van der Waals surface area contributed by atoms with E-state index in [4.69, 9.17) is 14.2 Å². The molecular weight excluding hydrogens is 424 g/mol. The van der Waals surface area contributed by atoms with Crippen LogP contribution in [0.25, 0.3) is 0 Å². The summed E-state index contributed by atoms with van der Waals surface area (Å²) in [6, 6.07) is 28.1. The Labute approximate surface area is 203 Å². The molecule has 5 nitrogen and oxygen atoms in total. The Morgan fingerprint density at radius 2 is 1.32 bits per heavy atom. The van der Waals surface area contributed by atoms with Crippen LogP contribution in [0.15, 0.2) is 78.9 Å². The van der Waals surface area contributed by atoms with Gasteiger partial charge in [0.2, 0.25) is 0 Å². The number of nitrogens with zero attached hydrogens (tertiary/aromatic N) is 2. The molecule has 34 heavy (non-hydrogen) atoms. The van der Waals surface area contributed by atoms with Crippen molar-refractivity contribution in [3.05, 3.63) is 95.6 Å². The second-order valence-electron chi connectivity index (χ2n) is 8.65. The molecule has 5 heteroatoms. The second-order valence-corrected chi connectivity index (χ2v) is 8.65. The number of ether oxygens (including phenoxy) is 3. The largest absolute Gasteiger partial charge is 0.493 e. The van der Waals surface area contributed by atoms with Crippen LogP contribution >= 0.6 is 0 Å². The van der Waals surface area contributed by atoms with E-state index in [0.29, 0.717) is 12.6 Å². The molecule has 3 aromatic rings. The average molecular weight is 461 g/mol. The normalized spacial score (nSPS) is 14.9. The smallest absolute Gasteiger partial charge is 0.160 e. The highest BCUT2D eigenvalue weighted by molar-refractivity contribution is 5.42. The van der Waals surface area contributed by atoms with E-state index in [9.17, 15) is 0 Å². The van der Waals surface area contributed by atoms with Crippen molar-refractivity contribution in [1.29, 1.82) is 0 Å². The van der Waals surface area contributed by atoms with Crippen LogP contribution in [0.3, 0.4) is 0 Å². The maximum atomic E-state index is 5.96. The van der Waals surface area contributed by atoms with Gasteiger partial charge >= 0.3 is 0 Å². The van der Waals surface area contributed by atoms with Gasteiger partial charge in [0.25, 0.3) is 0 Å². The highest BCUT2D eigenvalue weighted by atomic mass is 16.5. The Balaban J connectivity index is 1.22. The van der Waals surface area contributed by atoms with E-state index in [2.05, 4.69) is 76.5 Å². The molecule has 1 heterocycles. The van der Waals surface area contributed by atoms with Crippen LogP contribution in [0.5, 0.6) is 11.5 Å². The third-order valence-electron chi connectivity index (χ3n) is 6.54. The fourth-order valence-electron chi connectivity index (χ4n) is 4.65. The molecule has 0 aliphatic carbocycles. The minimum absolute atomic E-state index is 0.308. The van der Waals surface area contributed by atoms with Gasteiger partial charge in [-0.05, 0) is 35.2 Å². The van der Waals surface area contributed by atoms with Crippen LogP contribution in [0.1, 0.15) is 22.7 Å². The third-order valence-corrected chi connectivity index (χ3v) is 6.54. The monoisotopic (exact) mass is 460 g/mol. The maximum Gasteiger partial charge on any atom is 0.160 e. The Morgan fingerprint density at radius 3 is 1.91 bits per heavy atom. The second kappa shape index (κ2) is 12.6. The van der Waals surface area contributed by atoms with Gasteiger partial charge in [-0.1, -0.05) is 66.7 Å². The summed E-state index contributed by atoms with van der Waals surface area (Å²) in [7, 11) is 3.32. The van der Waals surface area contributed by atoms with Crippen LogP contribution in [0.2, 0.25) is 0 Å². The minimum atomic E-state index is 0.308. The molecular formula is C29H36N2O3. The van der Waals surface area contributed by atoms with E-state index in [0.717, 1.165) is 57.3 Å².